The van der Waals surface area contributed by atoms with Gasteiger partial charge in [-0.2, -0.15) is 48.3 Å². The van der Waals surface area contributed by atoms with E-state index in [4.69, 9.17) is 5.11 Å². The van der Waals surface area contributed by atoms with Gasteiger partial charge in [0.15, 0.2) is 6.17 Å². The van der Waals surface area contributed by atoms with E-state index < -0.39 is 53.8 Å². The van der Waals surface area contributed by atoms with Crippen molar-refractivity contribution in [3.63, 3.8) is 0 Å². The third-order valence-corrected chi connectivity index (χ3v) is 6.04. The number of carboxylic acids is 1. The summed E-state index contributed by atoms with van der Waals surface area (Å²) in [5.74, 6) is -30.6. The van der Waals surface area contributed by atoms with Gasteiger partial charge < -0.3 is 5.11 Å². The van der Waals surface area contributed by atoms with Crippen LogP contribution < -0.4 is 0 Å². The molecule has 0 saturated heterocycles. The van der Waals surface area contributed by atoms with Gasteiger partial charge in [0.05, 0.1) is 6.42 Å². The maximum atomic E-state index is 13.6. The molecular weight excluding hydrogens is 548 g/mol. The van der Waals surface area contributed by atoms with Crippen LogP contribution in [0.25, 0.3) is 11.1 Å². The molecular formula is C24H20F12O2. The van der Waals surface area contributed by atoms with Crippen molar-refractivity contribution in [2.45, 2.75) is 62.7 Å². The molecule has 2 aromatic rings. The summed E-state index contributed by atoms with van der Waals surface area (Å²) in [5.41, 5.74) is 1.70. The highest BCUT2D eigenvalue weighted by molar-refractivity contribution is 5.76. The van der Waals surface area contributed by atoms with Crippen LogP contribution in [-0.4, -0.2) is 47.1 Å². The van der Waals surface area contributed by atoms with Crippen LogP contribution in [0, 0.1) is 5.41 Å². The van der Waals surface area contributed by atoms with Gasteiger partial charge in [0.2, 0.25) is 0 Å². The van der Waals surface area contributed by atoms with Gasteiger partial charge in [0.1, 0.15) is 5.41 Å². The Morgan fingerprint density at radius 1 is 0.737 bits per heavy atom. The summed E-state index contributed by atoms with van der Waals surface area (Å²) in [7, 11) is 0. The van der Waals surface area contributed by atoms with E-state index in [1.165, 1.54) is 22.3 Å². The summed E-state index contributed by atoms with van der Waals surface area (Å²) in [6.45, 7) is -0.416. The van der Waals surface area contributed by atoms with Crippen LogP contribution in [0.4, 0.5) is 52.7 Å². The van der Waals surface area contributed by atoms with Crippen LogP contribution in [-0.2, 0) is 11.2 Å². The molecule has 1 N–H and O–H groups in total. The molecule has 14 heteroatoms. The second kappa shape index (κ2) is 9.99. The average Bonchev–Trinajstić information content (AvgIpc) is 3.16. The Hall–Kier alpha value is -2.93. The van der Waals surface area contributed by atoms with Gasteiger partial charge in [-0.1, -0.05) is 48.5 Å². The quantitative estimate of drug-likeness (QED) is 0.292. The van der Waals surface area contributed by atoms with E-state index in [0.717, 1.165) is 6.42 Å². The second-order valence-corrected chi connectivity index (χ2v) is 9.05. The number of carbonyl (C=O) groups is 1. The van der Waals surface area contributed by atoms with E-state index in [0.29, 0.717) is 0 Å². The van der Waals surface area contributed by atoms with Crippen molar-refractivity contribution in [2.75, 3.05) is 0 Å². The second-order valence-electron chi connectivity index (χ2n) is 9.05. The Labute approximate surface area is 208 Å². The van der Waals surface area contributed by atoms with Crippen molar-refractivity contribution < 1.29 is 62.6 Å². The summed E-state index contributed by atoms with van der Waals surface area (Å²) >= 11 is 0. The fraction of sp³-hybridized carbons (Fsp3) is 0.458. The first kappa shape index (κ1) is 31.3. The molecule has 0 fully saturated rings. The van der Waals surface area contributed by atoms with Crippen molar-refractivity contribution in [2.24, 2.45) is 5.41 Å². The molecule has 0 heterocycles. The number of rotatable bonds is 7. The van der Waals surface area contributed by atoms with Crippen molar-refractivity contribution in [3.8, 4) is 11.1 Å². The van der Waals surface area contributed by atoms with Crippen LogP contribution in [0.15, 0.2) is 48.5 Å². The monoisotopic (exact) mass is 568 g/mol. The lowest BCUT2D eigenvalue weighted by Gasteiger charge is -2.42. The van der Waals surface area contributed by atoms with Crippen molar-refractivity contribution >= 4 is 5.97 Å². The van der Waals surface area contributed by atoms with Crippen LogP contribution in [0.5, 0.6) is 0 Å². The van der Waals surface area contributed by atoms with Gasteiger partial charge >= 0.3 is 35.8 Å². The molecule has 0 radical (unpaired) electrons. The number of halogens is 12. The minimum Gasteiger partial charge on any atom is -0.481 e. The van der Waals surface area contributed by atoms with E-state index in [9.17, 15) is 57.5 Å². The molecule has 3 rings (SSSR count). The lowest BCUT2D eigenvalue weighted by Crippen LogP contribution is -2.69. The molecule has 0 bridgehead atoms. The highest BCUT2D eigenvalue weighted by Crippen LogP contribution is 2.59. The smallest absolute Gasteiger partial charge is 0.392 e. The molecule has 212 valence electrons. The predicted molar refractivity (Wildman–Crippen MR) is 111 cm³/mol. The van der Waals surface area contributed by atoms with Gasteiger partial charge in [-0.15, -0.1) is 0 Å². The molecule has 0 spiro atoms. The van der Waals surface area contributed by atoms with Gasteiger partial charge in [-0.05, 0) is 42.5 Å². The normalized spacial score (nSPS) is 15.2. The Bertz CT molecular complexity index is 1110. The lowest BCUT2D eigenvalue weighted by molar-refractivity contribution is -0.392. The minimum atomic E-state index is -7.35. The van der Waals surface area contributed by atoms with Gasteiger partial charge in [0.25, 0.3) is 0 Å². The van der Waals surface area contributed by atoms with Crippen LogP contribution in [0.1, 0.15) is 31.4 Å². The first-order valence-electron chi connectivity index (χ1n) is 10.6. The standard InChI is InChI=1S/C13H10.C11H10F12O2/c1-3-7-12-10(5-1)9-11-6-2-4-8-13(11)12;1-6(2,5(24)25)9(18,19)11(22,23)10(20,21)8(16,17)4(12)3-7(13,14)15/h1-8H,9H2;4H,3H2,1-2H3,(H,24,25). The number of hydrogen-bond donors (Lipinski definition) is 1. The van der Waals surface area contributed by atoms with Crippen LogP contribution >= 0.6 is 0 Å². The third-order valence-electron chi connectivity index (χ3n) is 6.04. The number of hydrogen-bond acceptors (Lipinski definition) is 1. The number of carboxylic acid groups (broad SMARTS) is 1. The largest absolute Gasteiger partial charge is 0.481 e. The molecule has 38 heavy (non-hydrogen) atoms. The van der Waals surface area contributed by atoms with E-state index in [1.807, 2.05) is 0 Å². The first-order chi connectivity index (χ1) is 17.0. The molecule has 2 aromatic carbocycles. The summed E-state index contributed by atoms with van der Waals surface area (Å²) < 4.78 is 155. The van der Waals surface area contributed by atoms with Crippen LogP contribution in [0.3, 0.4) is 0 Å². The van der Waals surface area contributed by atoms with Crippen LogP contribution in [0.2, 0.25) is 0 Å². The number of aliphatic carboxylic acids is 1. The minimum absolute atomic E-state index is 0.208. The summed E-state index contributed by atoms with van der Waals surface area (Å²) in [4.78, 5) is 10.5. The zero-order valence-corrected chi connectivity index (χ0v) is 19.5. The third kappa shape index (κ3) is 5.31. The van der Waals surface area contributed by atoms with E-state index >= 15 is 0 Å². The maximum Gasteiger partial charge on any atom is 0.392 e. The van der Waals surface area contributed by atoms with E-state index in [-0.39, 0.29) is 13.8 Å². The van der Waals surface area contributed by atoms with Gasteiger partial charge in [-0.25, -0.2) is 4.39 Å². The summed E-state index contributed by atoms with van der Waals surface area (Å²) in [6, 6.07) is 17.3. The fourth-order valence-corrected chi connectivity index (χ4v) is 3.54. The fourth-order valence-electron chi connectivity index (χ4n) is 3.54. The van der Waals surface area contributed by atoms with Crippen molar-refractivity contribution in [1.82, 2.24) is 0 Å². The van der Waals surface area contributed by atoms with Crippen molar-refractivity contribution in [1.29, 1.82) is 0 Å². The zero-order valence-electron chi connectivity index (χ0n) is 19.5. The van der Waals surface area contributed by atoms with Gasteiger partial charge in [0, 0.05) is 0 Å². The predicted octanol–water partition coefficient (Wildman–Crippen LogP) is 8.19. The van der Waals surface area contributed by atoms with Gasteiger partial charge in [-0.3, -0.25) is 4.79 Å². The summed E-state index contributed by atoms with van der Waals surface area (Å²) in [5, 5.41) is 8.40. The molecule has 0 amide bonds. The SMILES string of the molecule is CC(C)(C(=O)O)C(F)(F)C(F)(F)C(F)(F)C(F)(F)C(F)CC(F)(F)F.c1ccc2c(c1)Cc1ccccc1-2. The molecule has 0 saturated carbocycles. The average molecular weight is 568 g/mol. The molecule has 1 aliphatic rings. The number of fused-ring (bicyclic) bond motifs is 3. The Morgan fingerprint density at radius 3 is 1.50 bits per heavy atom. The lowest BCUT2D eigenvalue weighted by atomic mass is 9.78. The Morgan fingerprint density at radius 2 is 1.13 bits per heavy atom. The molecule has 2 nitrogen and oxygen atoms in total. The molecule has 1 aliphatic carbocycles. The molecule has 0 aromatic heterocycles. The summed E-state index contributed by atoms with van der Waals surface area (Å²) in [6.07, 6.45) is -13.0. The molecule has 0 aliphatic heterocycles. The zero-order chi connectivity index (χ0) is 29.5. The highest BCUT2D eigenvalue weighted by atomic mass is 19.4. The van der Waals surface area contributed by atoms with E-state index in [1.54, 1.807) is 0 Å². The molecule has 1 atom stereocenters. The highest BCUT2D eigenvalue weighted by Gasteiger charge is 2.85. The van der Waals surface area contributed by atoms with Crippen molar-refractivity contribution in [3.05, 3.63) is 59.7 Å². The molecule has 1 unspecified atom stereocenters. The number of alkyl halides is 12. The van der Waals surface area contributed by atoms with E-state index in [2.05, 4.69) is 48.5 Å². The Balaban J connectivity index is 0.000000318. The Kier molecular flexibility index (Phi) is 8.23. The number of benzene rings is 2. The topological polar surface area (TPSA) is 37.3 Å². The maximum absolute atomic E-state index is 13.6. The first-order valence-corrected chi connectivity index (χ1v) is 10.6.